The van der Waals surface area contributed by atoms with E-state index in [4.69, 9.17) is 4.74 Å². The van der Waals surface area contributed by atoms with Gasteiger partial charge in [0.05, 0.1) is 30.2 Å². The van der Waals surface area contributed by atoms with Gasteiger partial charge < -0.3 is 19.9 Å². The summed E-state index contributed by atoms with van der Waals surface area (Å²) in [6, 6.07) is 10.1. The highest BCUT2D eigenvalue weighted by atomic mass is 19.4. The van der Waals surface area contributed by atoms with Crippen molar-refractivity contribution < 1.29 is 31.9 Å². The minimum Gasteiger partial charge on any atom is -0.379 e. The lowest BCUT2D eigenvalue weighted by Crippen LogP contribution is -2.44. The fraction of sp³-hybridized carbons (Fsp3) is 0.414. The summed E-state index contributed by atoms with van der Waals surface area (Å²) in [4.78, 5) is 34.5. The van der Waals surface area contributed by atoms with Gasteiger partial charge >= 0.3 is 6.18 Å². The molecule has 218 valence electrons. The first-order chi connectivity index (χ1) is 19.6. The summed E-state index contributed by atoms with van der Waals surface area (Å²) < 4.78 is 61.7. The van der Waals surface area contributed by atoms with E-state index in [-0.39, 0.29) is 5.69 Å². The summed E-state index contributed by atoms with van der Waals surface area (Å²) in [7, 11) is 1.99. The molecule has 3 aliphatic rings. The number of carbonyl (C=O) groups excluding carboxylic acids is 2. The molecule has 41 heavy (non-hydrogen) atoms. The molecule has 8 nitrogen and oxygen atoms in total. The van der Waals surface area contributed by atoms with E-state index in [1.165, 1.54) is 6.07 Å². The molecule has 12 heteroatoms. The van der Waals surface area contributed by atoms with Gasteiger partial charge in [0.1, 0.15) is 11.7 Å². The molecular formula is C29H31F4N5O3. The first-order valence-corrected chi connectivity index (χ1v) is 13.4. The number of carbonyl (C=O) groups is 2. The van der Waals surface area contributed by atoms with Crippen LogP contribution in [0, 0.1) is 11.7 Å². The van der Waals surface area contributed by atoms with Crippen LogP contribution in [0.5, 0.6) is 0 Å². The van der Waals surface area contributed by atoms with E-state index >= 15 is 4.39 Å². The van der Waals surface area contributed by atoms with Crippen LogP contribution in [0.4, 0.5) is 28.9 Å². The second kappa shape index (κ2) is 12.1. The number of rotatable bonds is 6. The van der Waals surface area contributed by atoms with Gasteiger partial charge in [-0.2, -0.15) is 13.2 Å². The van der Waals surface area contributed by atoms with Crippen molar-refractivity contribution in [3.8, 4) is 11.1 Å². The van der Waals surface area contributed by atoms with Gasteiger partial charge in [-0.15, -0.1) is 0 Å². The van der Waals surface area contributed by atoms with Gasteiger partial charge in [0, 0.05) is 63.7 Å². The number of nitrogens with zero attached hydrogens (tertiary/aromatic N) is 4. The summed E-state index contributed by atoms with van der Waals surface area (Å²) in [6.45, 7) is 6.18. The van der Waals surface area contributed by atoms with Gasteiger partial charge in [-0.25, -0.2) is 9.38 Å². The highest BCUT2D eigenvalue weighted by molar-refractivity contribution is 6.11. The Morgan fingerprint density at radius 2 is 1.78 bits per heavy atom. The van der Waals surface area contributed by atoms with Crippen molar-refractivity contribution in [3.05, 3.63) is 59.4 Å². The Bertz CT molecular complexity index is 1360. The van der Waals surface area contributed by atoms with Gasteiger partial charge in [0.2, 0.25) is 5.91 Å². The molecule has 0 saturated carbocycles. The van der Waals surface area contributed by atoms with Crippen molar-refractivity contribution in [3.63, 3.8) is 0 Å². The van der Waals surface area contributed by atoms with Crippen molar-refractivity contribution in [2.24, 2.45) is 10.9 Å². The molecular weight excluding hydrogens is 542 g/mol. The van der Waals surface area contributed by atoms with Crippen LogP contribution in [0.1, 0.15) is 5.56 Å². The number of dihydropyridines is 1. The van der Waals surface area contributed by atoms with Gasteiger partial charge in [-0.3, -0.25) is 14.5 Å². The third kappa shape index (κ3) is 6.83. The lowest BCUT2D eigenvalue weighted by atomic mass is 9.95. The van der Waals surface area contributed by atoms with Gasteiger partial charge in [0.25, 0.3) is 5.91 Å². The van der Waals surface area contributed by atoms with Crippen LogP contribution in [-0.2, 0) is 20.9 Å². The number of halogens is 4. The highest BCUT2D eigenvalue weighted by Gasteiger charge is 2.43. The van der Waals surface area contributed by atoms with Crippen molar-refractivity contribution >= 4 is 29.4 Å². The van der Waals surface area contributed by atoms with Crippen LogP contribution >= 0.6 is 0 Å². The van der Waals surface area contributed by atoms with Gasteiger partial charge in [-0.05, 0) is 36.4 Å². The van der Waals surface area contributed by atoms with Crippen LogP contribution in [0.2, 0.25) is 0 Å². The molecule has 0 aliphatic carbocycles. The maximum atomic E-state index is 15.4. The normalized spacial score (nSPS) is 20.7. The molecule has 0 bridgehead atoms. The molecule has 1 N–H and O–H groups in total. The quantitative estimate of drug-likeness (QED) is 0.531. The SMILES string of the molecule is CN1CCN(c2ccc(-c3ccc(CN4CCOCC4)cc3F)cc2NC(=O)C2C=NC(=O)C=C2C(F)(F)F)CC1. The molecule has 2 aromatic carbocycles. The Morgan fingerprint density at radius 1 is 1.05 bits per heavy atom. The van der Waals surface area contributed by atoms with Gasteiger partial charge in [0.15, 0.2) is 0 Å². The second-order valence-electron chi connectivity index (χ2n) is 10.4. The number of likely N-dealkylation sites (N-methyl/N-ethyl adjacent to an activating group) is 1. The summed E-state index contributed by atoms with van der Waals surface area (Å²) in [5, 5.41) is 2.62. The zero-order chi connectivity index (χ0) is 29.1. The predicted octanol–water partition coefficient (Wildman–Crippen LogP) is 3.73. The first kappa shape index (κ1) is 28.9. The lowest BCUT2D eigenvalue weighted by Gasteiger charge is -2.35. The number of ether oxygens (including phenoxy) is 1. The molecule has 2 amide bonds. The fourth-order valence-corrected chi connectivity index (χ4v) is 5.20. The van der Waals surface area contributed by atoms with Gasteiger partial charge in [-0.1, -0.05) is 18.2 Å². The summed E-state index contributed by atoms with van der Waals surface area (Å²) in [6.07, 6.45) is -3.83. The molecule has 2 fully saturated rings. The minimum atomic E-state index is -4.89. The maximum Gasteiger partial charge on any atom is 0.414 e. The Morgan fingerprint density at radius 3 is 2.46 bits per heavy atom. The third-order valence-electron chi connectivity index (χ3n) is 7.53. The van der Waals surface area contributed by atoms with Crippen molar-refractivity contribution in [2.45, 2.75) is 12.7 Å². The molecule has 5 rings (SSSR count). The zero-order valence-electron chi connectivity index (χ0n) is 22.6. The average molecular weight is 574 g/mol. The monoisotopic (exact) mass is 573 g/mol. The summed E-state index contributed by atoms with van der Waals surface area (Å²) in [5.41, 5.74) is 1.16. The van der Waals surface area contributed by atoms with E-state index in [1.54, 1.807) is 24.3 Å². The van der Waals surface area contributed by atoms with Crippen molar-refractivity contribution in [1.29, 1.82) is 0 Å². The predicted molar refractivity (Wildman–Crippen MR) is 147 cm³/mol. The van der Waals surface area contributed by atoms with E-state index < -0.39 is 35.3 Å². The van der Waals surface area contributed by atoms with Crippen LogP contribution in [0.3, 0.4) is 0 Å². The number of hydrogen-bond donors (Lipinski definition) is 1. The van der Waals surface area contributed by atoms with E-state index in [0.29, 0.717) is 62.0 Å². The number of nitrogens with one attached hydrogen (secondary N) is 1. The standard InChI is InChI=1S/C29H31F4N5O3/c1-36-6-8-38(9-7-36)26-5-3-20(21-4-2-19(14-24(21)30)18-37-10-12-41-13-11-37)15-25(26)35-28(40)22-17-34-27(39)16-23(22)29(31,32)33/h2-5,14-17,22H,6-13,18H2,1H3,(H,35,40). The fourth-order valence-electron chi connectivity index (χ4n) is 5.20. The number of amides is 2. The molecule has 2 saturated heterocycles. The number of hydrogen-bond acceptors (Lipinski definition) is 6. The Labute approximate surface area is 235 Å². The van der Waals surface area contributed by atoms with Crippen molar-refractivity contribution in [1.82, 2.24) is 9.80 Å². The number of aliphatic imine (C=N–C) groups is 1. The smallest absolute Gasteiger partial charge is 0.379 e. The average Bonchev–Trinajstić information content (AvgIpc) is 2.94. The van der Waals surface area contributed by atoms with E-state index in [1.807, 2.05) is 18.0 Å². The molecule has 3 aliphatic heterocycles. The number of anilines is 2. The molecule has 3 heterocycles. The minimum absolute atomic E-state index is 0.251. The zero-order valence-corrected chi connectivity index (χ0v) is 22.6. The number of benzene rings is 2. The Balaban J connectivity index is 1.44. The van der Waals surface area contributed by atoms with Crippen molar-refractivity contribution in [2.75, 3.05) is 69.7 Å². The van der Waals surface area contributed by atoms with Crippen LogP contribution in [0.25, 0.3) is 11.1 Å². The Hall–Kier alpha value is -3.61. The largest absolute Gasteiger partial charge is 0.414 e. The Kier molecular flexibility index (Phi) is 8.52. The molecule has 0 spiro atoms. The summed E-state index contributed by atoms with van der Waals surface area (Å²) in [5.74, 6) is -4.30. The molecule has 0 aromatic heterocycles. The maximum absolute atomic E-state index is 15.4. The highest BCUT2D eigenvalue weighted by Crippen LogP contribution is 2.36. The molecule has 0 radical (unpaired) electrons. The molecule has 1 unspecified atom stereocenters. The van der Waals surface area contributed by atoms with Crippen LogP contribution in [0.15, 0.2) is 53.0 Å². The topological polar surface area (TPSA) is 77.5 Å². The molecule has 1 atom stereocenters. The van der Waals surface area contributed by atoms with E-state index in [9.17, 15) is 22.8 Å². The second-order valence-corrected chi connectivity index (χ2v) is 10.4. The third-order valence-corrected chi connectivity index (χ3v) is 7.53. The van der Waals surface area contributed by atoms with Crippen LogP contribution in [-0.4, -0.2) is 93.5 Å². The lowest BCUT2D eigenvalue weighted by molar-refractivity contribution is -0.124. The van der Waals surface area contributed by atoms with Crippen LogP contribution < -0.4 is 10.2 Å². The number of morpholine rings is 1. The number of alkyl halides is 3. The number of piperazine rings is 1. The molecule has 2 aromatic rings. The first-order valence-electron chi connectivity index (χ1n) is 13.4. The van der Waals surface area contributed by atoms with E-state index in [2.05, 4.69) is 20.1 Å². The summed E-state index contributed by atoms with van der Waals surface area (Å²) >= 11 is 0. The van der Waals surface area contributed by atoms with E-state index in [0.717, 1.165) is 31.7 Å².